The zero-order chi connectivity index (χ0) is 25.2. The molecule has 6 nitrogen and oxygen atoms in total. The van der Waals surface area contributed by atoms with Gasteiger partial charge in [-0.15, -0.1) is 0 Å². The zero-order valence-corrected chi connectivity index (χ0v) is 20.9. The molecule has 1 aliphatic heterocycles. The Morgan fingerprint density at radius 2 is 1.94 bits per heavy atom. The molecule has 8 atom stereocenters. The Morgan fingerprint density at radius 1 is 1.23 bits per heavy atom. The van der Waals surface area contributed by atoms with Crippen molar-refractivity contribution in [3.8, 4) is 0 Å². The summed E-state index contributed by atoms with van der Waals surface area (Å²) in [6, 6.07) is 9.38. The van der Waals surface area contributed by atoms with Gasteiger partial charge in [0.15, 0.2) is 5.60 Å². The first-order chi connectivity index (χ1) is 16.5. The molecule has 188 valence electrons. The second-order valence-corrected chi connectivity index (χ2v) is 11.8. The summed E-state index contributed by atoms with van der Waals surface area (Å²) >= 11 is 0. The molecule has 3 fully saturated rings. The molecule has 35 heavy (non-hydrogen) atoms. The van der Waals surface area contributed by atoms with E-state index in [1.165, 1.54) is 6.08 Å². The SMILES string of the molecule is C[C@H]1C[C@]2(OC(=O)/C=C/c3ccccc3)C(=O)/C(CO)=C\[C@@H]3[C@H](CC[C@@]4(C)O[C@@H]4C2[C@H]1O)C3(C)C. The molecule has 1 heterocycles. The van der Waals surface area contributed by atoms with E-state index in [1.54, 1.807) is 6.08 Å². The van der Waals surface area contributed by atoms with Crippen LogP contribution >= 0.6 is 0 Å². The van der Waals surface area contributed by atoms with E-state index in [0.29, 0.717) is 5.92 Å². The van der Waals surface area contributed by atoms with Crippen LogP contribution in [-0.2, 0) is 19.1 Å². The topological polar surface area (TPSA) is 96.4 Å². The number of carbonyl (C=O) groups is 2. The van der Waals surface area contributed by atoms with E-state index in [4.69, 9.17) is 9.47 Å². The third kappa shape index (κ3) is 4.00. The molecule has 5 rings (SSSR count). The van der Waals surface area contributed by atoms with Crippen LogP contribution in [0.5, 0.6) is 0 Å². The van der Waals surface area contributed by atoms with E-state index in [-0.39, 0.29) is 29.2 Å². The van der Waals surface area contributed by atoms with Crippen LogP contribution in [0.1, 0.15) is 52.5 Å². The normalized spacial score (nSPS) is 43.3. The van der Waals surface area contributed by atoms with E-state index in [9.17, 15) is 19.8 Å². The Kier molecular flexibility index (Phi) is 5.86. The summed E-state index contributed by atoms with van der Waals surface area (Å²) < 4.78 is 12.3. The number of hydrogen-bond acceptors (Lipinski definition) is 6. The number of aliphatic hydroxyl groups excluding tert-OH is 2. The third-order valence-electron chi connectivity index (χ3n) is 9.19. The molecule has 3 aliphatic carbocycles. The average Bonchev–Trinajstić information content (AvgIpc) is 3.60. The molecule has 1 aromatic carbocycles. The number of benzene rings is 1. The molecule has 1 aromatic rings. The van der Waals surface area contributed by atoms with Crippen LogP contribution < -0.4 is 0 Å². The second kappa shape index (κ2) is 8.39. The summed E-state index contributed by atoms with van der Waals surface area (Å²) in [5.74, 6) is -1.45. The summed E-state index contributed by atoms with van der Waals surface area (Å²) in [4.78, 5) is 27.3. The van der Waals surface area contributed by atoms with Crippen LogP contribution in [0, 0.1) is 29.1 Å². The predicted octanol–water partition coefficient (Wildman–Crippen LogP) is 3.71. The molecule has 0 aromatic heterocycles. The minimum Gasteiger partial charge on any atom is -0.447 e. The molecule has 0 bridgehead atoms. The fourth-order valence-electron chi connectivity index (χ4n) is 6.84. The van der Waals surface area contributed by atoms with Crippen LogP contribution in [-0.4, -0.2) is 52.0 Å². The van der Waals surface area contributed by atoms with Crippen molar-refractivity contribution in [1.29, 1.82) is 0 Å². The number of rotatable bonds is 4. The number of esters is 1. The number of fused-ring (bicyclic) bond motifs is 4. The van der Waals surface area contributed by atoms with E-state index in [0.717, 1.165) is 18.4 Å². The lowest BCUT2D eigenvalue weighted by atomic mass is 9.77. The molecule has 2 saturated carbocycles. The van der Waals surface area contributed by atoms with Gasteiger partial charge in [0.2, 0.25) is 5.78 Å². The molecule has 6 heteroatoms. The Bertz CT molecular complexity index is 1070. The second-order valence-electron chi connectivity index (χ2n) is 11.8. The van der Waals surface area contributed by atoms with Gasteiger partial charge in [-0.05, 0) is 54.6 Å². The van der Waals surface area contributed by atoms with Crippen molar-refractivity contribution < 1.29 is 29.3 Å². The van der Waals surface area contributed by atoms with Crippen LogP contribution in [0.15, 0.2) is 48.1 Å². The van der Waals surface area contributed by atoms with Crippen molar-refractivity contribution in [2.24, 2.45) is 29.1 Å². The Morgan fingerprint density at radius 3 is 2.63 bits per heavy atom. The maximum absolute atomic E-state index is 14.2. The standard InChI is InChI=1S/C29H36O6/c1-17-15-29(34-22(31)11-10-18-8-6-5-7-9-18)23(24(17)32)26-28(4,35-26)13-12-20-21(27(20,2)3)14-19(16-30)25(29)33/h5-11,14,17,20-21,23-24,26,30,32H,12-13,15-16H2,1-4H3/b11-10+,19-14-/t17-,20-,21+,23?,24-,26+,28+,29+/m0/s1. The number of ether oxygens (including phenoxy) is 2. The minimum atomic E-state index is -1.59. The molecule has 2 N–H and O–H groups in total. The van der Waals surface area contributed by atoms with Crippen LogP contribution in [0.4, 0.5) is 0 Å². The molecular weight excluding hydrogens is 444 g/mol. The van der Waals surface area contributed by atoms with E-state index >= 15 is 0 Å². The fourth-order valence-corrected chi connectivity index (χ4v) is 6.84. The lowest BCUT2D eigenvalue weighted by molar-refractivity contribution is -0.168. The van der Waals surface area contributed by atoms with Crippen LogP contribution in [0.2, 0.25) is 0 Å². The number of epoxide rings is 1. The molecule has 0 spiro atoms. The quantitative estimate of drug-likeness (QED) is 0.388. The summed E-state index contributed by atoms with van der Waals surface area (Å²) in [5, 5.41) is 21.5. The van der Waals surface area contributed by atoms with Crippen LogP contribution in [0.3, 0.4) is 0 Å². The molecular formula is C29H36O6. The van der Waals surface area contributed by atoms with Crippen molar-refractivity contribution in [1.82, 2.24) is 0 Å². The Balaban J connectivity index is 1.55. The van der Waals surface area contributed by atoms with Gasteiger partial charge < -0.3 is 19.7 Å². The van der Waals surface area contributed by atoms with Gasteiger partial charge in [-0.3, -0.25) is 4.79 Å². The van der Waals surface area contributed by atoms with Gasteiger partial charge in [-0.25, -0.2) is 4.79 Å². The van der Waals surface area contributed by atoms with Gasteiger partial charge in [0.1, 0.15) is 0 Å². The van der Waals surface area contributed by atoms with Gasteiger partial charge >= 0.3 is 5.97 Å². The average molecular weight is 481 g/mol. The fraction of sp³-hybridized carbons (Fsp3) is 0.586. The van der Waals surface area contributed by atoms with Crippen molar-refractivity contribution in [3.05, 3.63) is 53.6 Å². The summed E-state index contributed by atoms with van der Waals surface area (Å²) in [6.07, 6.45) is 5.56. The highest BCUT2D eigenvalue weighted by molar-refractivity contribution is 6.04. The zero-order valence-electron chi connectivity index (χ0n) is 20.9. The first kappa shape index (κ1) is 24.4. The first-order valence-corrected chi connectivity index (χ1v) is 12.7. The van der Waals surface area contributed by atoms with Crippen molar-refractivity contribution in [3.63, 3.8) is 0 Å². The number of aliphatic hydroxyl groups is 2. The summed E-state index contributed by atoms with van der Waals surface area (Å²) in [6.45, 7) is 7.84. The third-order valence-corrected chi connectivity index (χ3v) is 9.19. The highest BCUT2D eigenvalue weighted by Crippen LogP contribution is 2.64. The summed E-state index contributed by atoms with van der Waals surface area (Å²) in [5.41, 5.74) is -0.929. The lowest BCUT2D eigenvalue weighted by Gasteiger charge is -2.34. The number of allylic oxidation sites excluding steroid dienone is 1. The highest BCUT2D eigenvalue weighted by Gasteiger charge is 2.71. The number of hydrogen-bond donors (Lipinski definition) is 2. The first-order valence-electron chi connectivity index (χ1n) is 12.7. The molecule has 1 unspecified atom stereocenters. The van der Waals surface area contributed by atoms with E-state index in [1.807, 2.05) is 50.3 Å². The molecule has 0 radical (unpaired) electrons. The molecule has 1 saturated heterocycles. The van der Waals surface area contributed by atoms with Gasteiger partial charge in [0.05, 0.1) is 30.3 Å². The monoisotopic (exact) mass is 480 g/mol. The van der Waals surface area contributed by atoms with Gasteiger partial charge in [0.25, 0.3) is 0 Å². The Labute approximate surface area is 207 Å². The number of carbonyl (C=O) groups excluding carboxylic acids is 2. The van der Waals surface area contributed by atoms with Gasteiger partial charge in [0, 0.05) is 18.1 Å². The smallest absolute Gasteiger partial charge is 0.331 e. The summed E-state index contributed by atoms with van der Waals surface area (Å²) in [7, 11) is 0. The van der Waals surface area contributed by atoms with E-state index in [2.05, 4.69) is 13.8 Å². The molecule has 4 aliphatic rings. The largest absolute Gasteiger partial charge is 0.447 e. The maximum atomic E-state index is 14.2. The number of ketones is 1. The maximum Gasteiger partial charge on any atom is 0.331 e. The van der Waals surface area contributed by atoms with Crippen molar-refractivity contribution in [2.45, 2.75) is 70.4 Å². The van der Waals surface area contributed by atoms with E-state index < -0.39 is 47.7 Å². The predicted molar refractivity (Wildman–Crippen MR) is 131 cm³/mol. The van der Waals surface area contributed by atoms with Gasteiger partial charge in [-0.2, -0.15) is 0 Å². The minimum absolute atomic E-state index is 0.0325. The Hall–Kier alpha value is -2.28. The number of Topliss-reactive ketones (excluding diaryl/α,β-unsaturated/α-hetero) is 1. The van der Waals surface area contributed by atoms with Gasteiger partial charge in [-0.1, -0.05) is 57.2 Å². The van der Waals surface area contributed by atoms with Crippen molar-refractivity contribution in [2.75, 3.05) is 6.61 Å². The van der Waals surface area contributed by atoms with Crippen LogP contribution in [0.25, 0.3) is 6.08 Å². The highest BCUT2D eigenvalue weighted by atomic mass is 16.6. The molecule has 0 amide bonds. The lowest BCUT2D eigenvalue weighted by Crippen LogP contribution is -2.52. The van der Waals surface area contributed by atoms with Crippen molar-refractivity contribution >= 4 is 17.8 Å².